The van der Waals surface area contributed by atoms with Crippen LogP contribution in [0.1, 0.15) is 58.3 Å². The summed E-state index contributed by atoms with van der Waals surface area (Å²) in [6.07, 6.45) is 5.01. The van der Waals surface area contributed by atoms with Crippen LogP contribution < -0.4 is 10.6 Å². The van der Waals surface area contributed by atoms with Crippen molar-refractivity contribution in [3.8, 4) is 0 Å². The molecule has 1 rings (SSSR count). The molecule has 1 aliphatic carbocycles. The SMILES string of the molecule is CCCNC(=O)CCNC(=O)CC1(CC(=O)O)CCCC1. The molecule has 0 spiro atoms. The average Bonchev–Trinajstić information content (AvgIpc) is 2.83. The molecule has 21 heavy (non-hydrogen) atoms. The molecule has 0 bridgehead atoms. The highest BCUT2D eigenvalue weighted by atomic mass is 16.4. The van der Waals surface area contributed by atoms with Crippen LogP contribution in [-0.4, -0.2) is 36.0 Å². The molecule has 0 heterocycles. The minimum Gasteiger partial charge on any atom is -0.481 e. The van der Waals surface area contributed by atoms with Crippen LogP contribution in [0.25, 0.3) is 0 Å². The smallest absolute Gasteiger partial charge is 0.303 e. The molecule has 6 nitrogen and oxygen atoms in total. The fourth-order valence-electron chi connectivity index (χ4n) is 2.93. The molecule has 1 saturated carbocycles. The number of aliphatic carboxylic acids is 1. The minimum absolute atomic E-state index is 0.0530. The van der Waals surface area contributed by atoms with Gasteiger partial charge in [-0.1, -0.05) is 19.8 Å². The van der Waals surface area contributed by atoms with Crippen LogP contribution in [0, 0.1) is 5.41 Å². The van der Waals surface area contributed by atoms with Gasteiger partial charge >= 0.3 is 5.97 Å². The molecule has 3 N–H and O–H groups in total. The maximum absolute atomic E-state index is 11.9. The van der Waals surface area contributed by atoms with Gasteiger partial charge in [-0.15, -0.1) is 0 Å². The lowest BCUT2D eigenvalue weighted by molar-refractivity contribution is -0.140. The van der Waals surface area contributed by atoms with Crippen LogP contribution in [0.4, 0.5) is 0 Å². The number of nitrogens with one attached hydrogen (secondary N) is 2. The summed E-state index contributed by atoms with van der Waals surface area (Å²) in [4.78, 5) is 34.3. The summed E-state index contributed by atoms with van der Waals surface area (Å²) < 4.78 is 0. The molecule has 0 radical (unpaired) electrons. The second-order valence-electron chi connectivity index (χ2n) is 5.90. The van der Waals surface area contributed by atoms with Crippen molar-refractivity contribution >= 4 is 17.8 Å². The first-order chi connectivity index (χ1) is 9.97. The van der Waals surface area contributed by atoms with E-state index in [4.69, 9.17) is 5.11 Å². The molecule has 0 atom stereocenters. The zero-order valence-electron chi connectivity index (χ0n) is 12.7. The van der Waals surface area contributed by atoms with Gasteiger partial charge in [0.15, 0.2) is 0 Å². The molecule has 2 amide bonds. The summed E-state index contributed by atoms with van der Waals surface area (Å²) >= 11 is 0. The van der Waals surface area contributed by atoms with Gasteiger partial charge in [-0.3, -0.25) is 14.4 Å². The molecule has 0 aromatic heterocycles. The van der Waals surface area contributed by atoms with E-state index in [9.17, 15) is 14.4 Å². The Kier molecular flexibility index (Phi) is 7.19. The summed E-state index contributed by atoms with van der Waals surface area (Å²) in [5.74, 6) is -1.07. The number of hydrogen-bond donors (Lipinski definition) is 3. The summed E-state index contributed by atoms with van der Waals surface area (Å²) in [6, 6.07) is 0. The van der Waals surface area contributed by atoms with Crippen molar-refractivity contribution in [1.82, 2.24) is 10.6 Å². The zero-order valence-corrected chi connectivity index (χ0v) is 12.7. The topological polar surface area (TPSA) is 95.5 Å². The van der Waals surface area contributed by atoms with E-state index < -0.39 is 5.97 Å². The van der Waals surface area contributed by atoms with E-state index in [0.29, 0.717) is 13.1 Å². The van der Waals surface area contributed by atoms with Crippen LogP contribution in [0.3, 0.4) is 0 Å². The molecule has 120 valence electrons. The normalized spacial score (nSPS) is 16.4. The average molecular weight is 298 g/mol. The third-order valence-corrected chi connectivity index (χ3v) is 3.97. The molecule has 1 fully saturated rings. The monoisotopic (exact) mass is 298 g/mol. The van der Waals surface area contributed by atoms with Crippen molar-refractivity contribution in [3.63, 3.8) is 0 Å². The van der Waals surface area contributed by atoms with Crippen LogP contribution in [0.2, 0.25) is 0 Å². The van der Waals surface area contributed by atoms with Crippen LogP contribution in [-0.2, 0) is 14.4 Å². The van der Waals surface area contributed by atoms with Gasteiger partial charge in [0.1, 0.15) is 0 Å². The molecule has 0 aliphatic heterocycles. The van der Waals surface area contributed by atoms with Gasteiger partial charge in [0, 0.05) is 25.9 Å². The third kappa shape index (κ3) is 6.60. The van der Waals surface area contributed by atoms with Gasteiger partial charge in [0.25, 0.3) is 0 Å². The molecule has 0 aromatic carbocycles. The summed E-state index contributed by atoms with van der Waals surface area (Å²) in [5.41, 5.74) is -0.389. The lowest BCUT2D eigenvalue weighted by Gasteiger charge is -2.26. The van der Waals surface area contributed by atoms with E-state index in [-0.39, 0.29) is 36.5 Å². The quantitative estimate of drug-likeness (QED) is 0.600. The van der Waals surface area contributed by atoms with Gasteiger partial charge < -0.3 is 15.7 Å². The van der Waals surface area contributed by atoms with Gasteiger partial charge in [0.05, 0.1) is 6.42 Å². The van der Waals surface area contributed by atoms with Gasteiger partial charge in [-0.05, 0) is 24.7 Å². The van der Waals surface area contributed by atoms with Gasteiger partial charge in [-0.25, -0.2) is 0 Å². The number of amides is 2. The molecule has 6 heteroatoms. The van der Waals surface area contributed by atoms with E-state index in [2.05, 4.69) is 10.6 Å². The maximum atomic E-state index is 11.9. The summed E-state index contributed by atoms with van der Waals surface area (Å²) in [6.45, 7) is 2.93. The predicted molar refractivity (Wildman–Crippen MR) is 78.7 cm³/mol. The second-order valence-corrected chi connectivity index (χ2v) is 5.90. The maximum Gasteiger partial charge on any atom is 0.303 e. The first kappa shape index (κ1) is 17.5. The van der Waals surface area contributed by atoms with Crippen molar-refractivity contribution in [2.45, 2.75) is 58.3 Å². The Bertz CT molecular complexity index is 376. The van der Waals surface area contributed by atoms with Crippen molar-refractivity contribution in [1.29, 1.82) is 0 Å². The van der Waals surface area contributed by atoms with Gasteiger partial charge in [0.2, 0.25) is 11.8 Å². The lowest BCUT2D eigenvalue weighted by Crippen LogP contribution is -2.34. The predicted octanol–water partition coefficient (Wildman–Crippen LogP) is 1.44. The fourth-order valence-corrected chi connectivity index (χ4v) is 2.93. The largest absolute Gasteiger partial charge is 0.481 e. The molecule has 1 aliphatic rings. The van der Waals surface area contributed by atoms with Crippen LogP contribution in [0.15, 0.2) is 0 Å². The second kappa shape index (κ2) is 8.64. The fraction of sp³-hybridized carbons (Fsp3) is 0.800. The Morgan fingerprint density at radius 1 is 1.00 bits per heavy atom. The third-order valence-electron chi connectivity index (χ3n) is 3.97. The van der Waals surface area contributed by atoms with E-state index in [1.807, 2.05) is 6.92 Å². The standard InChI is InChI=1S/C15H26N2O4/c1-2-8-16-12(18)5-9-17-13(19)10-15(11-14(20)21)6-3-4-7-15/h2-11H2,1H3,(H,16,18)(H,17,19)(H,20,21). The van der Waals surface area contributed by atoms with Crippen LogP contribution in [0.5, 0.6) is 0 Å². The van der Waals surface area contributed by atoms with E-state index in [0.717, 1.165) is 32.1 Å². The highest BCUT2D eigenvalue weighted by Crippen LogP contribution is 2.43. The van der Waals surface area contributed by atoms with E-state index in [1.165, 1.54) is 0 Å². The Morgan fingerprint density at radius 3 is 2.19 bits per heavy atom. The molecule has 0 aromatic rings. The van der Waals surface area contributed by atoms with Crippen molar-refractivity contribution in [3.05, 3.63) is 0 Å². The van der Waals surface area contributed by atoms with Crippen molar-refractivity contribution < 1.29 is 19.5 Å². The van der Waals surface area contributed by atoms with E-state index in [1.54, 1.807) is 0 Å². The Balaban J connectivity index is 2.31. The number of rotatable bonds is 9. The minimum atomic E-state index is -0.844. The van der Waals surface area contributed by atoms with Crippen LogP contribution >= 0.6 is 0 Å². The Morgan fingerprint density at radius 2 is 1.62 bits per heavy atom. The number of hydrogen-bond acceptors (Lipinski definition) is 3. The number of carboxylic acid groups (broad SMARTS) is 1. The molecular weight excluding hydrogens is 272 g/mol. The van der Waals surface area contributed by atoms with E-state index >= 15 is 0 Å². The van der Waals surface area contributed by atoms with Crippen molar-refractivity contribution in [2.24, 2.45) is 5.41 Å². The Labute approximate surface area is 125 Å². The first-order valence-electron chi connectivity index (χ1n) is 7.73. The number of carbonyl (C=O) groups is 3. The zero-order chi connectivity index (χ0) is 15.7. The highest BCUT2D eigenvalue weighted by Gasteiger charge is 2.37. The highest BCUT2D eigenvalue weighted by molar-refractivity contribution is 5.80. The number of carbonyl (C=O) groups excluding carboxylic acids is 2. The summed E-state index contributed by atoms with van der Waals surface area (Å²) in [7, 11) is 0. The molecular formula is C15H26N2O4. The molecule has 0 unspecified atom stereocenters. The first-order valence-corrected chi connectivity index (χ1v) is 7.73. The van der Waals surface area contributed by atoms with Gasteiger partial charge in [-0.2, -0.15) is 0 Å². The lowest BCUT2D eigenvalue weighted by atomic mass is 9.79. The number of carboxylic acids is 1. The summed E-state index contributed by atoms with van der Waals surface area (Å²) in [5, 5.41) is 14.5. The molecule has 0 saturated heterocycles. The Hall–Kier alpha value is -1.59. The van der Waals surface area contributed by atoms with Crippen molar-refractivity contribution in [2.75, 3.05) is 13.1 Å².